The number of hydrogen-bond donors (Lipinski definition) is 1. The molecule has 0 bridgehead atoms. The van der Waals surface area contributed by atoms with Gasteiger partial charge in [-0.05, 0) is 12.8 Å². The molecule has 88 valence electrons. The summed E-state index contributed by atoms with van der Waals surface area (Å²) >= 11 is 0. The molecule has 3 heteroatoms. The summed E-state index contributed by atoms with van der Waals surface area (Å²) in [6.07, 6.45) is 8.52. The van der Waals surface area contributed by atoms with Crippen molar-refractivity contribution in [3.63, 3.8) is 0 Å². The number of carbonyl (C=O) groups excluding carboxylic acids is 1. The zero-order chi connectivity index (χ0) is 11.1. The van der Waals surface area contributed by atoms with E-state index >= 15 is 0 Å². The lowest BCUT2D eigenvalue weighted by atomic mass is 9.90. The van der Waals surface area contributed by atoms with Gasteiger partial charge in [-0.25, -0.2) is 0 Å². The minimum Gasteiger partial charge on any atom is -0.344 e. The molecule has 0 aromatic heterocycles. The van der Waals surface area contributed by atoms with Gasteiger partial charge in [0.25, 0.3) is 0 Å². The maximum absolute atomic E-state index is 12.0. The molecular weight excluding hydrogens is 188 g/mol. The fourth-order valence-corrected chi connectivity index (χ4v) is 2.32. The van der Waals surface area contributed by atoms with Crippen molar-refractivity contribution < 1.29 is 4.79 Å². The van der Waals surface area contributed by atoms with E-state index in [2.05, 4.69) is 0 Å². The highest BCUT2D eigenvalue weighted by Crippen LogP contribution is 2.23. The summed E-state index contributed by atoms with van der Waals surface area (Å²) in [5.74, 6) is 0.573. The Kier molecular flexibility index (Phi) is 5.69. The van der Waals surface area contributed by atoms with Gasteiger partial charge < -0.3 is 10.6 Å². The van der Waals surface area contributed by atoms with Crippen LogP contribution in [0.1, 0.15) is 44.9 Å². The maximum atomic E-state index is 12.0. The molecule has 2 N–H and O–H groups in total. The quantitative estimate of drug-likeness (QED) is 0.775. The van der Waals surface area contributed by atoms with Gasteiger partial charge in [0.2, 0.25) is 5.91 Å². The zero-order valence-electron chi connectivity index (χ0n) is 9.87. The van der Waals surface area contributed by atoms with Crippen molar-refractivity contribution in [1.29, 1.82) is 0 Å². The number of nitrogens with zero attached hydrogens (tertiary/aromatic N) is 1. The SMILES string of the molecule is CN(CCN)C(=O)C1CCCCCCC1. The van der Waals surface area contributed by atoms with E-state index in [1.54, 1.807) is 4.90 Å². The van der Waals surface area contributed by atoms with E-state index in [1.807, 2.05) is 7.05 Å². The van der Waals surface area contributed by atoms with Crippen molar-refractivity contribution in [2.45, 2.75) is 44.9 Å². The third-order valence-corrected chi connectivity index (χ3v) is 3.30. The smallest absolute Gasteiger partial charge is 0.225 e. The summed E-state index contributed by atoms with van der Waals surface area (Å²) in [5.41, 5.74) is 5.46. The molecule has 0 spiro atoms. The van der Waals surface area contributed by atoms with E-state index in [4.69, 9.17) is 5.73 Å². The van der Waals surface area contributed by atoms with Crippen LogP contribution < -0.4 is 5.73 Å². The summed E-state index contributed by atoms with van der Waals surface area (Å²) in [6, 6.07) is 0. The van der Waals surface area contributed by atoms with E-state index in [0.717, 1.165) is 12.8 Å². The van der Waals surface area contributed by atoms with E-state index < -0.39 is 0 Å². The first-order chi connectivity index (χ1) is 7.25. The van der Waals surface area contributed by atoms with Gasteiger partial charge in [0, 0.05) is 26.1 Å². The normalized spacial score (nSPS) is 19.3. The van der Waals surface area contributed by atoms with E-state index in [-0.39, 0.29) is 5.92 Å². The van der Waals surface area contributed by atoms with Gasteiger partial charge in [-0.1, -0.05) is 32.1 Å². The van der Waals surface area contributed by atoms with Gasteiger partial charge in [0.15, 0.2) is 0 Å². The number of hydrogen-bond acceptors (Lipinski definition) is 2. The predicted molar refractivity (Wildman–Crippen MR) is 62.5 cm³/mol. The molecule has 1 amide bonds. The van der Waals surface area contributed by atoms with Crippen molar-refractivity contribution in [3.8, 4) is 0 Å². The van der Waals surface area contributed by atoms with E-state index in [0.29, 0.717) is 19.0 Å². The Labute approximate surface area is 93.0 Å². The first-order valence-electron chi connectivity index (χ1n) is 6.20. The molecule has 1 aliphatic carbocycles. The van der Waals surface area contributed by atoms with Gasteiger partial charge in [0.05, 0.1) is 0 Å². The van der Waals surface area contributed by atoms with Crippen LogP contribution in [0.3, 0.4) is 0 Å². The molecule has 1 fully saturated rings. The highest BCUT2D eigenvalue weighted by Gasteiger charge is 2.21. The van der Waals surface area contributed by atoms with Gasteiger partial charge in [0.1, 0.15) is 0 Å². The average Bonchev–Trinajstić information content (AvgIpc) is 2.16. The van der Waals surface area contributed by atoms with Crippen LogP contribution in [0, 0.1) is 5.92 Å². The lowest BCUT2D eigenvalue weighted by Gasteiger charge is -2.24. The van der Waals surface area contributed by atoms with Crippen molar-refractivity contribution >= 4 is 5.91 Å². The molecule has 1 rings (SSSR count). The highest BCUT2D eigenvalue weighted by atomic mass is 16.2. The minimum atomic E-state index is 0.266. The van der Waals surface area contributed by atoms with Crippen LogP contribution >= 0.6 is 0 Å². The second-order valence-corrected chi connectivity index (χ2v) is 4.59. The summed E-state index contributed by atoms with van der Waals surface area (Å²) in [6.45, 7) is 1.25. The fourth-order valence-electron chi connectivity index (χ4n) is 2.32. The molecule has 0 atom stereocenters. The van der Waals surface area contributed by atoms with Gasteiger partial charge >= 0.3 is 0 Å². The van der Waals surface area contributed by atoms with E-state index in [9.17, 15) is 4.79 Å². The molecule has 0 unspecified atom stereocenters. The van der Waals surface area contributed by atoms with Crippen molar-refractivity contribution in [2.24, 2.45) is 11.7 Å². The molecule has 0 radical (unpaired) electrons. The minimum absolute atomic E-state index is 0.266. The first kappa shape index (κ1) is 12.5. The Morgan fingerprint density at radius 1 is 1.20 bits per heavy atom. The highest BCUT2D eigenvalue weighted by molar-refractivity contribution is 5.78. The second-order valence-electron chi connectivity index (χ2n) is 4.59. The molecule has 1 saturated carbocycles. The first-order valence-corrected chi connectivity index (χ1v) is 6.20. The lowest BCUT2D eigenvalue weighted by molar-refractivity contribution is -0.134. The number of rotatable bonds is 3. The Balaban J connectivity index is 2.40. The molecule has 0 aromatic rings. The van der Waals surface area contributed by atoms with Crippen molar-refractivity contribution in [3.05, 3.63) is 0 Å². The van der Waals surface area contributed by atoms with Crippen LogP contribution in [0.5, 0.6) is 0 Å². The van der Waals surface area contributed by atoms with Crippen molar-refractivity contribution in [1.82, 2.24) is 4.90 Å². The summed E-state index contributed by atoms with van der Waals surface area (Å²) in [7, 11) is 1.87. The largest absolute Gasteiger partial charge is 0.344 e. The standard InChI is InChI=1S/C12H24N2O/c1-14(10-9-13)12(15)11-7-5-3-2-4-6-8-11/h11H,2-10,13H2,1H3. The molecule has 0 saturated heterocycles. The number of carbonyl (C=O) groups is 1. The molecule has 3 nitrogen and oxygen atoms in total. The third kappa shape index (κ3) is 4.20. The van der Waals surface area contributed by atoms with Crippen LogP contribution in [0.2, 0.25) is 0 Å². The summed E-state index contributed by atoms with van der Waals surface area (Å²) < 4.78 is 0. The molecule has 0 heterocycles. The van der Waals surface area contributed by atoms with Crippen LogP contribution in [0.4, 0.5) is 0 Å². The Morgan fingerprint density at radius 3 is 2.27 bits per heavy atom. The molecule has 1 aliphatic rings. The Hall–Kier alpha value is -0.570. The topological polar surface area (TPSA) is 46.3 Å². The Bertz CT molecular complexity index is 186. The fraction of sp³-hybridized carbons (Fsp3) is 0.917. The molecule has 15 heavy (non-hydrogen) atoms. The monoisotopic (exact) mass is 212 g/mol. The summed E-state index contributed by atoms with van der Waals surface area (Å²) in [4.78, 5) is 13.8. The predicted octanol–water partition coefficient (Wildman–Crippen LogP) is 1.76. The molecule has 0 aromatic carbocycles. The number of amides is 1. The van der Waals surface area contributed by atoms with Crippen LogP contribution in [0.25, 0.3) is 0 Å². The van der Waals surface area contributed by atoms with Gasteiger partial charge in [-0.15, -0.1) is 0 Å². The maximum Gasteiger partial charge on any atom is 0.225 e. The van der Waals surface area contributed by atoms with E-state index in [1.165, 1.54) is 32.1 Å². The van der Waals surface area contributed by atoms with Crippen LogP contribution in [-0.2, 0) is 4.79 Å². The zero-order valence-corrected chi connectivity index (χ0v) is 9.87. The molecule has 0 aliphatic heterocycles. The van der Waals surface area contributed by atoms with Crippen LogP contribution in [0.15, 0.2) is 0 Å². The van der Waals surface area contributed by atoms with Gasteiger partial charge in [-0.2, -0.15) is 0 Å². The third-order valence-electron chi connectivity index (χ3n) is 3.30. The van der Waals surface area contributed by atoms with Crippen LogP contribution in [-0.4, -0.2) is 30.9 Å². The van der Waals surface area contributed by atoms with Crippen molar-refractivity contribution in [2.75, 3.05) is 20.1 Å². The van der Waals surface area contributed by atoms with Gasteiger partial charge in [-0.3, -0.25) is 4.79 Å². The average molecular weight is 212 g/mol. The lowest BCUT2D eigenvalue weighted by Crippen LogP contribution is -2.36. The number of likely N-dealkylation sites (N-methyl/N-ethyl adjacent to an activating group) is 1. The molecular formula is C12H24N2O. The summed E-state index contributed by atoms with van der Waals surface area (Å²) in [5, 5.41) is 0. The Morgan fingerprint density at radius 2 is 1.73 bits per heavy atom. The number of nitrogens with two attached hydrogens (primary N) is 1. The second kappa shape index (κ2) is 6.83.